The minimum absolute atomic E-state index is 0.200. The monoisotopic (exact) mass is 286 g/mol. The van der Waals surface area contributed by atoms with Crippen LogP contribution < -0.4 is 0 Å². The molecule has 0 saturated heterocycles. The van der Waals surface area contributed by atoms with Crippen LogP contribution in [-0.2, 0) is 4.84 Å². The largest absolute Gasteiger partial charge is 0.385 e. The maximum Gasteiger partial charge on any atom is 0.245 e. The minimum Gasteiger partial charge on any atom is -0.385 e. The lowest BCUT2D eigenvalue weighted by molar-refractivity contribution is -0.151. The van der Waals surface area contributed by atoms with Crippen LogP contribution in [0.4, 0.5) is 0 Å². The van der Waals surface area contributed by atoms with Crippen molar-refractivity contribution in [3.05, 3.63) is 35.9 Å². The van der Waals surface area contributed by atoms with Crippen LogP contribution in [0.5, 0.6) is 0 Å². The Balaban J connectivity index is 2.34. The van der Waals surface area contributed by atoms with Gasteiger partial charge in [-0.25, -0.2) is 4.99 Å². The van der Waals surface area contributed by atoms with Crippen molar-refractivity contribution in [1.29, 1.82) is 0 Å². The van der Waals surface area contributed by atoms with E-state index in [1.54, 1.807) is 0 Å². The summed E-state index contributed by atoms with van der Waals surface area (Å²) in [6.07, 6.45) is -0.207. The normalized spacial score (nSPS) is 21.0. The molecule has 1 aromatic carbocycles. The number of hydrogen-bond donors (Lipinski definition) is 0. The highest BCUT2D eigenvalue weighted by atomic mass is 35.5. The molecular weight excluding hydrogens is 271 g/mol. The second-order valence-electron chi connectivity index (χ2n) is 5.14. The van der Waals surface area contributed by atoms with Crippen molar-refractivity contribution in [2.24, 2.45) is 4.99 Å². The Morgan fingerprint density at radius 1 is 1.22 bits per heavy atom. The molecular formula is C13H16Cl2N2O. The zero-order valence-electron chi connectivity index (χ0n) is 10.6. The Hall–Kier alpha value is -0.770. The van der Waals surface area contributed by atoms with E-state index < -0.39 is 4.84 Å². The molecule has 1 aliphatic rings. The van der Waals surface area contributed by atoms with Gasteiger partial charge in [-0.2, -0.15) is 0 Å². The molecule has 1 atom stereocenters. The first-order valence-electron chi connectivity index (χ1n) is 5.77. The lowest BCUT2D eigenvalue weighted by Gasteiger charge is -2.33. The highest BCUT2D eigenvalue weighted by Gasteiger charge is 2.39. The maximum atomic E-state index is 5.84. The van der Waals surface area contributed by atoms with Gasteiger partial charge in [0, 0.05) is 0 Å². The van der Waals surface area contributed by atoms with E-state index in [2.05, 4.69) is 25.8 Å². The summed E-state index contributed by atoms with van der Waals surface area (Å²) in [5.41, 5.74) is 0.852. The molecule has 0 bridgehead atoms. The van der Waals surface area contributed by atoms with E-state index >= 15 is 0 Å². The fourth-order valence-electron chi connectivity index (χ4n) is 1.78. The summed E-state index contributed by atoms with van der Waals surface area (Å²) in [7, 11) is 0. The first-order chi connectivity index (χ1) is 8.39. The quantitative estimate of drug-likeness (QED) is 0.770. The fraction of sp³-hybridized carbons (Fsp3) is 0.462. The molecule has 3 nitrogen and oxygen atoms in total. The van der Waals surface area contributed by atoms with Crippen molar-refractivity contribution in [2.75, 3.05) is 0 Å². The molecule has 0 saturated carbocycles. The Morgan fingerprint density at radius 2 is 1.83 bits per heavy atom. The highest BCUT2D eigenvalue weighted by Crippen LogP contribution is 2.35. The maximum absolute atomic E-state index is 5.84. The summed E-state index contributed by atoms with van der Waals surface area (Å²) in [6.45, 7) is 6.16. The molecule has 0 N–H and O–H groups in total. The average Bonchev–Trinajstić information content (AvgIpc) is 2.74. The van der Waals surface area contributed by atoms with Crippen LogP contribution in [0.1, 0.15) is 32.5 Å². The molecule has 98 valence electrons. The lowest BCUT2D eigenvalue weighted by Crippen LogP contribution is -2.41. The van der Waals surface area contributed by atoms with Gasteiger partial charge < -0.3 is 4.84 Å². The molecule has 0 aliphatic carbocycles. The van der Waals surface area contributed by atoms with Gasteiger partial charge in [0.25, 0.3) is 0 Å². The van der Waals surface area contributed by atoms with E-state index in [4.69, 9.17) is 28.0 Å². The summed E-state index contributed by atoms with van der Waals surface area (Å²) >= 11 is 11.7. The molecule has 0 spiro atoms. The Labute approximate surface area is 117 Å². The Kier molecular flexibility index (Phi) is 3.85. The van der Waals surface area contributed by atoms with Crippen LogP contribution in [0.2, 0.25) is 0 Å². The third-order valence-corrected chi connectivity index (χ3v) is 2.98. The number of halogens is 2. The summed E-state index contributed by atoms with van der Waals surface area (Å²) in [4.78, 5) is 9.39. The Morgan fingerprint density at radius 3 is 2.33 bits per heavy atom. The second-order valence-corrected chi connectivity index (χ2v) is 6.24. The minimum atomic E-state index is -0.747. The predicted octanol–water partition coefficient (Wildman–Crippen LogP) is 3.93. The highest BCUT2D eigenvalue weighted by molar-refractivity contribution is 6.53. The van der Waals surface area contributed by atoms with Crippen LogP contribution >= 0.6 is 23.2 Å². The molecule has 2 rings (SSSR count). The van der Waals surface area contributed by atoms with Crippen LogP contribution in [0.25, 0.3) is 0 Å². The smallest absolute Gasteiger partial charge is 0.245 e. The number of benzene rings is 1. The molecule has 18 heavy (non-hydrogen) atoms. The van der Waals surface area contributed by atoms with Crippen LogP contribution in [0, 0.1) is 0 Å². The molecule has 1 unspecified atom stereocenters. The number of hydrogen-bond acceptors (Lipinski definition) is 3. The zero-order valence-corrected chi connectivity index (χ0v) is 12.1. The standard InChI is InChI=1S/C13H16Cl2N2O/c1-13(2,3)17-11(9-7-5-4-6-8-9)16-12(18-17)10(14)15/h4-8,10-11H,1-3H3. The summed E-state index contributed by atoms with van der Waals surface area (Å²) in [5, 5.41) is 1.81. The van der Waals surface area contributed by atoms with Gasteiger partial charge in [-0.1, -0.05) is 53.5 Å². The number of rotatable bonds is 2. The van der Waals surface area contributed by atoms with E-state index in [1.807, 2.05) is 35.4 Å². The molecule has 1 aromatic rings. The van der Waals surface area contributed by atoms with E-state index in [9.17, 15) is 0 Å². The van der Waals surface area contributed by atoms with Gasteiger partial charge in [-0.05, 0) is 26.3 Å². The Bertz CT molecular complexity index is 440. The molecule has 5 heteroatoms. The van der Waals surface area contributed by atoms with Crippen molar-refractivity contribution < 1.29 is 4.84 Å². The van der Waals surface area contributed by atoms with Crippen molar-refractivity contribution in [3.63, 3.8) is 0 Å². The van der Waals surface area contributed by atoms with Gasteiger partial charge in [-0.15, -0.1) is 5.06 Å². The number of hydroxylamine groups is 2. The van der Waals surface area contributed by atoms with Gasteiger partial charge in [-0.3, -0.25) is 0 Å². The average molecular weight is 287 g/mol. The van der Waals surface area contributed by atoms with Crippen LogP contribution in [-0.4, -0.2) is 21.3 Å². The second kappa shape index (κ2) is 5.08. The van der Waals surface area contributed by atoms with Gasteiger partial charge >= 0.3 is 0 Å². The molecule has 0 amide bonds. The summed E-state index contributed by atoms with van der Waals surface area (Å²) in [6, 6.07) is 9.94. The SMILES string of the molecule is CC(C)(C)N1OC(C(Cl)Cl)=NC1c1ccccc1. The molecule has 0 aromatic heterocycles. The lowest BCUT2D eigenvalue weighted by atomic mass is 10.1. The molecule has 1 aliphatic heterocycles. The van der Waals surface area contributed by atoms with Crippen molar-refractivity contribution in [3.8, 4) is 0 Å². The number of nitrogens with zero attached hydrogens (tertiary/aromatic N) is 2. The molecule has 0 radical (unpaired) electrons. The van der Waals surface area contributed by atoms with Crippen molar-refractivity contribution >= 4 is 29.1 Å². The third kappa shape index (κ3) is 2.79. The fourth-order valence-corrected chi connectivity index (χ4v) is 1.97. The number of aliphatic imine (C=N–C) groups is 1. The topological polar surface area (TPSA) is 24.8 Å². The van der Waals surface area contributed by atoms with Crippen LogP contribution in [0.3, 0.4) is 0 Å². The molecule has 1 heterocycles. The summed E-state index contributed by atoms with van der Waals surface area (Å²) in [5.74, 6) is 0.349. The van der Waals surface area contributed by atoms with Crippen molar-refractivity contribution in [1.82, 2.24) is 5.06 Å². The number of alkyl halides is 2. The molecule has 0 fully saturated rings. The predicted molar refractivity (Wildman–Crippen MR) is 74.8 cm³/mol. The van der Waals surface area contributed by atoms with E-state index in [0.717, 1.165) is 5.56 Å². The van der Waals surface area contributed by atoms with Gasteiger partial charge in [0.2, 0.25) is 5.90 Å². The van der Waals surface area contributed by atoms with Crippen LogP contribution in [0.15, 0.2) is 35.3 Å². The van der Waals surface area contributed by atoms with Gasteiger partial charge in [0.05, 0.1) is 5.54 Å². The van der Waals surface area contributed by atoms with Gasteiger partial charge in [0.1, 0.15) is 0 Å². The first kappa shape index (κ1) is 13.7. The summed E-state index contributed by atoms with van der Waals surface area (Å²) < 4.78 is 0. The van der Waals surface area contributed by atoms with E-state index in [1.165, 1.54) is 0 Å². The van der Waals surface area contributed by atoms with Crippen molar-refractivity contribution in [2.45, 2.75) is 37.3 Å². The first-order valence-corrected chi connectivity index (χ1v) is 6.65. The third-order valence-electron chi connectivity index (χ3n) is 2.61. The zero-order chi connectivity index (χ0) is 13.3. The van der Waals surface area contributed by atoms with Gasteiger partial charge in [0.15, 0.2) is 11.0 Å². The van der Waals surface area contributed by atoms with E-state index in [-0.39, 0.29) is 11.7 Å². The van der Waals surface area contributed by atoms with E-state index in [0.29, 0.717) is 5.90 Å².